The number of carbonyl (C=O) groups is 2. The summed E-state index contributed by atoms with van der Waals surface area (Å²) in [6, 6.07) is 0. The molecule has 212 valence electrons. The van der Waals surface area contributed by atoms with Crippen LogP contribution in [-0.2, 0) is 14.3 Å². The molecule has 1 heterocycles. The quantitative estimate of drug-likeness (QED) is 0.0651. The first-order valence-corrected chi connectivity index (χ1v) is 17.0. The first-order valence-electron chi connectivity index (χ1n) is 14.9. The van der Waals surface area contributed by atoms with Crippen LogP contribution in [0.4, 0.5) is 4.79 Å². The number of alkyl halides is 1. The van der Waals surface area contributed by atoms with Gasteiger partial charge in [0.2, 0.25) is 0 Å². The molecule has 0 spiro atoms. The summed E-state index contributed by atoms with van der Waals surface area (Å²) in [5.74, 6) is -0.107. The molecule has 1 N–H and O–H groups in total. The highest BCUT2D eigenvalue weighted by atomic mass is 79.9. The van der Waals surface area contributed by atoms with Crippen LogP contribution in [0.1, 0.15) is 135 Å². The van der Waals surface area contributed by atoms with Crippen molar-refractivity contribution in [1.29, 1.82) is 0 Å². The Hall–Kier alpha value is -0.430. The maximum Gasteiger partial charge on any atom is 0.407 e. The average Bonchev–Trinajstić information content (AvgIpc) is 2.84. The number of alkyl carbamates (subject to hydrolysis) is 1. The van der Waals surface area contributed by atoms with Crippen LogP contribution < -0.4 is 5.32 Å². The van der Waals surface area contributed by atoms with Gasteiger partial charge >= 0.3 is 12.1 Å². The van der Waals surface area contributed by atoms with Crippen LogP contribution in [0.25, 0.3) is 0 Å². The summed E-state index contributed by atoms with van der Waals surface area (Å²) in [4.78, 5) is 23.5. The summed E-state index contributed by atoms with van der Waals surface area (Å²) in [5, 5.41) is 4.45. The highest BCUT2D eigenvalue weighted by molar-refractivity contribution is 9.09. The molecule has 1 amide bonds. The van der Waals surface area contributed by atoms with E-state index in [0.717, 1.165) is 31.0 Å². The number of nitrogens with one attached hydrogen (secondary N) is 1. The highest BCUT2D eigenvalue weighted by Crippen LogP contribution is 2.36. The van der Waals surface area contributed by atoms with Gasteiger partial charge < -0.3 is 14.8 Å². The molecule has 7 heteroatoms. The number of hydrogen-bond acceptors (Lipinski definition) is 5. The fraction of sp³-hybridized carbons (Fsp3) is 0.931. The molecule has 5 nitrogen and oxygen atoms in total. The van der Waals surface area contributed by atoms with Crippen molar-refractivity contribution in [1.82, 2.24) is 5.32 Å². The highest BCUT2D eigenvalue weighted by Gasteiger charge is 2.31. The minimum Gasteiger partial charge on any atom is -0.464 e. The number of unbranched alkanes of at least 4 members (excludes halogenated alkanes) is 16. The number of thioether (sulfide) groups is 1. The van der Waals surface area contributed by atoms with Crippen molar-refractivity contribution in [2.24, 2.45) is 0 Å². The third-order valence-electron chi connectivity index (χ3n) is 6.81. The average molecular weight is 593 g/mol. The predicted molar refractivity (Wildman–Crippen MR) is 157 cm³/mol. The summed E-state index contributed by atoms with van der Waals surface area (Å²) in [7, 11) is 0. The number of hydrogen-bond donors (Lipinski definition) is 1. The monoisotopic (exact) mass is 591 g/mol. The van der Waals surface area contributed by atoms with E-state index < -0.39 is 0 Å². The SMILES string of the molecule is CCCCCCCCCCCCCCCCCCNC(=O)OCC1CC(COC(=O)CCCCBr)S1. The van der Waals surface area contributed by atoms with E-state index in [2.05, 4.69) is 28.2 Å². The molecule has 1 saturated heterocycles. The number of halogens is 1. The lowest BCUT2D eigenvalue weighted by atomic mass is 10.0. The molecule has 1 rings (SSSR count). The summed E-state index contributed by atoms with van der Waals surface area (Å²) in [6.07, 6.45) is 24.6. The predicted octanol–water partition coefficient (Wildman–Crippen LogP) is 8.96. The Morgan fingerprint density at radius 1 is 0.722 bits per heavy atom. The first-order chi connectivity index (χ1) is 17.7. The number of esters is 1. The topological polar surface area (TPSA) is 64.6 Å². The lowest BCUT2D eigenvalue weighted by Gasteiger charge is -2.33. The van der Waals surface area contributed by atoms with E-state index in [1.54, 1.807) is 11.8 Å². The van der Waals surface area contributed by atoms with E-state index in [-0.39, 0.29) is 12.1 Å². The number of carbonyl (C=O) groups excluding carboxylic acids is 2. The minimum absolute atomic E-state index is 0.107. The zero-order chi connectivity index (χ0) is 26.1. The molecule has 0 aromatic heterocycles. The van der Waals surface area contributed by atoms with Crippen LogP contribution in [0, 0.1) is 0 Å². The zero-order valence-electron chi connectivity index (χ0n) is 23.0. The molecule has 0 aromatic carbocycles. The third kappa shape index (κ3) is 20.6. The van der Waals surface area contributed by atoms with Gasteiger partial charge in [-0.3, -0.25) is 4.79 Å². The molecule has 1 fully saturated rings. The van der Waals surface area contributed by atoms with Crippen LogP contribution in [0.2, 0.25) is 0 Å². The molecule has 0 bridgehead atoms. The maximum absolute atomic E-state index is 11.9. The lowest BCUT2D eigenvalue weighted by Crippen LogP contribution is -2.36. The number of amides is 1. The molecule has 2 unspecified atom stereocenters. The van der Waals surface area contributed by atoms with Crippen molar-refractivity contribution in [3.63, 3.8) is 0 Å². The van der Waals surface area contributed by atoms with Crippen molar-refractivity contribution in [3.05, 3.63) is 0 Å². The Labute approximate surface area is 234 Å². The first kappa shape index (κ1) is 33.6. The van der Waals surface area contributed by atoms with E-state index in [9.17, 15) is 9.59 Å². The zero-order valence-corrected chi connectivity index (χ0v) is 25.4. The van der Waals surface area contributed by atoms with Gasteiger partial charge in [0.25, 0.3) is 0 Å². The summed E-state index contributed by atoms with van der Waals surface area (Å²) >= 11 is 5.11. The molecular weight excluding hydrogens is 538 g/mol. The Balaban J connectivity index is 1.76. The van der Waals surface area contributed by atoms with Crippen molar-refractivity contribution >= 4 is 39.8 Å². The van der Waals surface area contributed by atoms with Gasteiger partial charge in [0.15, 0.2) is 0 Å². The van der Waals surface area contributed by atoms with E-state index >= 15 is 0 Å². The largest absolute Gasteiger partial charge is 0.464 e. The lowest BCUT2D eigenvalue weighted by molar-refractivity contribution is -0.143. The molecule has 0 radical (unpaired) electrons. The Bertz CT molecular complexity index is 531. The fourth-order valence-corrected chi connectivity index (χ4v) is 6.04. The van der Waals surface area contributed by atoms with E-state index in [1.807, 2.05) is 0 Å². The number of ether oxygens (including phenoxy) is 2. The molecule has 1 aliphatic heterocycles. The van der Waals surface area contributed by atoms with Crippen molar-refractivity contribution < 1.29 is 19.1 Å². The normalized spacial score (nSPS) is 16.9. The van der Waals surface area contributed by atoms with Gasteiger partial charge in [-0.1, -0.05) is 119 Å². The van der Waals surface area contributed by atoms with Crippen LogP contribution in [0.15, 0.2) is 0 Å². The van der Waals surface area contributed by atoms with Crippen molar-refractivity contribution in [3.8, 4) is 0 Å². The Morgan fingerprint density at radius 2 is 1.19 bits per heavy atom. The summed E-state index contributed by atoms with van der Waals surface area (Å²) in [6.45, 7) is 3.88. The van der Waals surface area contributed by atoms with Gasteiger partial charge in [-0.15, -0.1) is 11.8 Å². The molecule has 36 heavy (non-hydrogen) atoms. The summed E-state index contributed by atoms with van der Waals surface area (Å²) in [5.41, 5.74) is 0. The second kappa shape index (κ2) is 24.9. The maximum atomic E-state index is 11.9. The van der Waals surface area contributed by atoms with Crippen LogP contribution >= 0.6 is 27.7 Å². The Morgan fingerprint density at radius 3 is 1.69 bits per heavy atom. The minimum atomic E-state index is -0.307. The fourth-order valence-electron chi connectivity index (χ4n) is 4.47. The molecule has 0 aliphatic carbocycles. The summed E-state index contributed by atoms with van der Waals surface area (Å²) < 4.78 is 10.6. The molecule has 0 saturated carbocycles. The van der Waals surface area contributed by atoms with Gasteiger partial charge in [-0.25, -0.2) is 4.79 Å². The number of rotatable bonds is 25. The van der Waals surface area contributed by atoms with E-state index in [0.29, 0.717) is 36.7 Å². The van der Waals surface area contributed by atoms with Crippen LogP contribution in [-0.4, -0.2) is 47.7 Å². The third-order valence-corrected chi connectivity index (χ3v) is 8.79. The van der Waals surface area contributed by atoms with Crippen molar-refractivity contribution in [2.75, 3.05) is 25.1 Å². The second-order valence-corrected chi connectivity index (χ2v) is 12.7. The van der Waals surface area contributed by atoms with E-state index in [4.69, 9.17) is 9.47 Å². The molecule has 1 aliphatic rings. The molecular formula is C29H54BrNO4S. The standard InChI is InChI=1S/C29H54BrNO4S/c1-2-3-4-5-6-7-8-9-10-11-12-13-14-15-16-19-22-31-29(33)35-25-27-23-26(36-27)24-34-28(32)20-17-18-21-30/h26-27H,2-25H2,1H3,(H,31,33). The molecule has 2 atom stereocenters. The van der Waals surface area contributed by atoms with Gasteiger partial charge in [0, 0.05) is 28.8 Å². The van der Waals surface area contributed by atoms with Gasteiger partial charge in [-0.05, 0) is 25.7 Å². The molecule has 0 aromatic rings. The smallest absolute Gasteiger partial charge is 0.407 e. The van der Waals surface area contributed by atoms with Crippen LogP contribution in [0.5, 0.6) is 0 Å². The van der Waals surface area contributed by atoms with E-state index in [1.165, 1.54) is 96.3 Å². The van der Waals surface area contributed by atoms with Gasteiger partial charge in [0.1, 0.15) is 13.2 Å². The second-order valence-electron chi connectivity index (χ2n) is 10.3. The Kier molecular flexibility index (Phi) is 23.2. The van der Waals surface area contributed by atoms with Gasteiger partial charge in [-0.2, -0.15) is 0 Å². The van der Waals surface area contributed by atoms with Gasteiger partial charge in [0.05, 0.1) is 0 Å². The van der Waals surface area contributed by atoms with Crippen LogP contribution in [0.3, 0.4) is 0 Å². The van der Waals surface area contributed by atoms with Crippen molar-refractivity contribution in [2.45, 2.75) is 146 Å².